The van der Waals surface area contributed by atoms with Crippen LogP contribution in [0.15, 0.2) is 36.4 Å². The van der Waals surface area contributed by atoms with Crippen molar-refractivity contribution in [2.45, 2.75) is 60.1 Å². The van der Waals surface area contributed by atoms with Crippen LogP contribution in [0.1, 0.15) is 54.1 Å². The monoisotopic (exact) mass is 339 g/mol. The third-order valence-electron chi connectivity index (χ3n) is 4.73. The van der Waals surface area contributed by atoms with Crippen molar-refractivity contribution in [2.75, 3.05) is 0 Å². The molecule has 0 fully saturated rings. The highest BCUT2D eigenvalue weighted by Crippen LogP contribution is 2.23. The quantitative estimate of drug-likeness (QED) is 0.808. The number of para-hydroxylation sites is 1. The normalized spacial score (nSPS) is 13.2. The summed E-state index contributed by atoms with van der Waals surface area (Å²) >= 11 is 0. The van der Waals surface area contributed by atoms with Gasteiger partial charge in [-0.05, 0) is 74.9 Å². The average molecular weight is 339 g/mol. The van der Waals surface area contributed by atoms with Crippen LogP contribution in [0, 0.1) is 27.7 Å². The van der Waals surface area contributed by atoms with Crippen LogP contribution in [-0.2, 0) is 4.79 Å². The van der Waals surface area contributed by atoms with Crippen molar-refractivity contribution < 1.29 is 9.53 Å². The number of hydrogen-bond donors (Lipinski definition) is 1. The molecule has 2 rings (SSSR count). The lowest BCUT2D eigenvalue weighted by Gasteiger charge is -2.23. The number of carbonyl (C=O) groups is 1. The van der Waals surface area contributed by atoms with Gasteiger partial charge < -0.3 is 10.1 Å². The third-order valence-corrected chi connectivity index (χ3v) is 4.73. The Balaban J connectivity index is 2.11. The Morgan fingerprint density at radius 1 is 1.00 bits per heavy atom. The predicted octanol–water partition coefficient (Wildman–Crippen LogP) is 4.96. The SMILES string of the molecule is CC[C@@H](Oc1ccccc1C)C(=O)N[C@@H](C)c1cc(C)c(C)cc1C. The van der Waals surface area contributed by atoms with E-state index in [1.807, 2.05) is 45.0 Å². The third kappa shape index (κ3) is 4.62. The summed E-state index contributed by atoms with van der Waals surface area (Å²) in [7, 11) is 0. The van der Waals surface area contributed by atoms with Crippen LogP contribution in [0.4, 0.5) is 0 Å². The Bertz CT molecular complexity index is 752. The second-order valence-electron chi connectivity index (χ2n) is 6.80. The summed E-state index contributed by atoms with van der Waals surface area (Å²) in [6.07, 6.45) is 0.133. The minimum atomic E-state index is -0.490. The van der Waals surface area contributed by atoms with E-state index in [0.717, 1.165) is 16.9 Å². The van der Waals surface area contributed by atoms with Gasteiger partial charge in [-0.2, -0.15) is 0 Å². The molecule has 0 unspecified atom stereocenters. The lowest BCUT2D eigenvalue weighted by Crippen LogP contribution is -2.39. The molecule has 0 heterocycles. The van der Waals surface area contributed by atoms with E-state index in [2.05, 4.69) is 38.2 Å². The van der Waals surface area contributed by atoms with Crippen LogP contribution in [-0.4, -0.2) is 12.0 Å². The maximum atomic E-state index is 12.7. The minimum absolute atomic E-state index is 0.0543. The van der Waals surface area contributed by atoms with Crippen molar-refractivity contribution >= 4 is 5.91 Å². The summed E-state index contributed by atoms with van der Waals surface area (Å²) in [5, 5.41) is 3.11. The van der Waals surface area contributed by atoms with Gasteiger partial charge in [0.05, 0.1) is 6.04 Å². The zero-order valence-electron chi connectivity index (χ0n) is 16.1. The Labute approximate surface area is 151 Å². The van der Waals surface area contributed by atoms with Gasteiger partial charge in [0.2, 0.25) is 0 Å². The second kappa shape index (κ2) is 8.19. The molecule has 0 saturated carbocycles. The maximum absolute atomic E-state index is 12.7. The first-order chi connectivity index (χ1) is 11.8. The lowest BCUT2D eigenvalue weighted by molar-refractivity contribution is -0.128. The van der Waals surface area contributed by atoms with Gasteiger partial charge in [-0.1, -0.05) is 37.3 Å². The van der Waals surface area contributed by atoms with Gasteiger partial charge in [0.25, 0.3) is 5.91 Å². The molecule has 3 nitrogen and oxygen atoms in total. The lowest BCUT2D eigenvalue weighted by atomic mass is 9.96. The summed E-state index contributed by atoms with van der Waals surface area (Å²) in [5.41, 5.74) is 5.90. The first-order valence-corrected chi connectivity index (χ1v) is 8.93. The largest absolute Gasteiger partial charge is 0.480 e. The van der Waals surface area contributed by atoms with Crippen LogP contribution in [0.3, 0.4) is 0 Å². The number of benzene rings is 2. The van der Waals surface area contributed by atoms with E-state index >= 15 is 0 Å². The standard InChI is InChI=1S/C22H29NO2/c1-7-20(25-21-11-9-8-10-14(21)2)22(24)23-18(6)19-13-16(4)15(3)12-17(19)5/h8-13,18,20H,7H2,1-6H3,(H,23,24)/t18-,20+/m0/s1. The highest BCUT2D eigenvalue weighted by molar-refractivity contribution is 5.81. The number of rotatable bonds is 6. The first kappa shape index (κ1) is 19.0. The summed E-state index contributed by atoms with van der Waals surface area (Å²) in [5.74, 6) is 0.690. The molecule has 25 heavy (non-hydrogen) atoms. The van der Waals surface area contributed by atoms with Gasteiger partial charge in [0.1, 0.15) is 5.75 Å². The molecule has 0 spiro atoms. The predicted molar refractivity (Wildman–Crippen MR) is 103 cm³/mol. The number of nitrogens with one attached hydrogen (secondary N) is 1. The molecular weight excluding hydrogens is 310 g/mol. The molecule has 0 aromatic heterocycles. The Hall–Kier alpha value is -2.29. The molecule has 0 aliphatic carbocycles. The zero-order valence-corrected chi connectivity index (χ0v) is 16.1. The first-order valence-electron chi connectivity index (χ1n) is 8.93. The maximum Gasteiger partial charge on any atom is 0.261 e. The van der Waals surface area contributed by atoms with Crippen molar-refractivity contribution in [3.63, 3.8) is 0 Å². The molecule has 0 radical (unpaired) electrons. The molecule has 1 amide bonds. The highest BCUT2D eigenvalue weighted by Gasteiger charge is 2.22. The van der Waals surface area contributed by atoms with E-state index in [4.69, 9.17) is 4.74 Å². The number of hydrogen-bond acceptors (Lipinski definition) is 2. The van der Waals surface area contributed by atoms with Crippen molar-refractivity contribution in [3.05, 3.63) is 64.2 Å². The van der Waals surface area contributed by atoms with E-state index in [9.17, 15) is 4.79 Å². The van der Waals surface area contributed by atoms with Crippen LogP contribution in [0.5, 0.6) is 5.75 Å². The Morgan fingerprint density at radius 3 is 2.28 bits per heavy atom. The number of aryl methyl sites for hydroxylation is 4. The fraction of sp³-hybridized carbons (Fsp3) is 0.409. The molecule has 0 bridgehead atoms. The van der Waals surface area contributed by atoms with Crippen molar-refractivity contribution in [3.8, 4) is 5.75 Å². The van der Waals surface area contributed by atoms with Crippen LogP contribution in [0.25, 0.3) is 0 Å². The van der Waals surface area contributed by atoms with Gasteiger partial charge in [0.15, 0.2) is 6.10 Å². The molecule has 134 valence electrons. The van der Waals surface area contributed by atoms with Crippen molar-refractivity contribution in [2.24, 2.45) is 0 Å². The zero-order chi connectivity index (χ0) is 18.6. The molecule has 2 aromatic carbocycles. The van der Waals surface area contributed by atoms with Crippen molar-refractivity contribution in [1.29, 1.82) is 0 Å². The minimum Gasteiger partial charge on any atom is -0.480 e. The molecule has 0 aliphatic heterocycles. The average Bonchev–Trinajstić information content (AvgIpc) is 2.57. The van der Waals surface area contributed by atoms with Crippen LogP contribution >= 0.6 is 0 Å². The summed E-state index contributed by atoms with van der Waals surface area (Å²) < 4.78 is 5.95. The summed E-state index contributed by atoms with van der Waals surface area (Å²) in [4.78, 5) is 12.7. The number of amides is 1. The Kier molecular flexibility index (Phi) is 6.24. The van der Waals surface area contributed by atoms with E-state index in [1.165, 1.54) is 16.7 Å². The molecule has 2 aromatic rings. The van der Waals surface area contributed by atoms with E-state index in [-0.39, 0.29) is 11.9 Å². The molecule has 1 N–H and O–H groups in total. The van der Waals surface area contributed by atoms with Crippen molar-refractivity contribution in [1.82, 2.24) is 5.32 Å². The van der Waals surface area contributed by atoms with Gasteiger partial charge in [-0.3, -0.25) is 4.79 Å². The van der Waals surface area contributed by atoms with Gasteiger partial charge in [-0.15, -0.1) is 0 Å². The molecular formula is C22H29NO2. The van der Waals surface area contributed by atoms with E-state index in [1.54, 1.807) is 0 Å². The van der Waals surface area contributed by atoms with Gasteiger partial charge in [0, 0.05) is 0 Å². The Morgan fingerprint density at radius 2 is 1.64 bits per heavy atom. The smallest absolute Gasteiger partial charge is 0.261 e. The summed E-state index contributed by atoms with van der Waals surface area (Å²) in [6, 6.07) is 12.1. The van der Waals surface area contributed by atoms with Gasteiger partial charge in [-0.25, -0.2) is 0 Å². The summed E-state index contributed by atoms with van der Waals surface area (Å²) in [6.45, 7) is 12.3. The molecule has 2 atom stereocenters. The molecule has 3 heteroatoms. The van der Waals surface area contributed by atoms with Crippen LogP contribution in [0.2, 0.25) is 0 Å². The second-order valence-corrected chi connectivity index (χ2v) is 6.80. The number of ether oxygens (including phenoxy) is 1. The highest BCUT2D eigenvalue weighted by atomic mass is 16.5. The van der Waals surface area contributed by atoms with E-state index in [0.29, 0.717) is 6.42 Å². The number of carbonyl (C=O) groups excluding carboxylic acids is 1. The molecule has 0 aliphatic rings. The topological polar surface area (TPSA) is 38.3 Å². The van der Waals surface area contributed by atoms with Crippen LogP contribution < -0.4 is 10.1 Å². The molecule has 0 saturated heterocycles. The fourth-order valence-corrected chi connectivity index (χ4v) is 3.00. The van der Waals surface area contributed by atoms with E-state index < -0.39 is 6.10 Å². The fourth-order valence-electron chi connectivity index (χ4n) is 3.00. The van der Waals surface area contributed by atoms with Gasteiger partial charge >= 0.3 is 0 Å².